The Balaban J connectivity index is 2.06. The lowest BCUT2D eigenvalue weighted by Gasteiger charge is -2.06. The van der Waals surface area contributed by atoms with Gasteiger partial charge in [0.05, 0.1) is 11.3 Å². The van der Waals surface area contributed by atoms with Crippen LogP contribution >= 0.6 is 11.6 Å². The van der Waals surface area contributed by atoms with Crippen LogP contribution in [0.5, 0.6) is 0 Å². The lowest BCUT2D eigenvalue weighted by atomic mass is 10.1. The van der Waals surface area contributed by atoms with E-state index in [-0.39, 0.29) is 27.7 Å². The highest BCUT2D eigenvalue weighted by Crippen LogP contribution is 2.21. The van der Waals surface area contributed by atoms with Crippen molar-refractivity contribution in [2.75, 3.05) is 0 Å². The Morgan fingerprint density at radius 1 is 1.14 bits per heavy atom. The molecule has 1 unspecified atom stereocenters. The molecular formula is C15H12ClFO3S. The molecule has 0 radical (unpaired) electrons. The van der Waals surface area contributed by atoms with Gasteiger partial charge >= 0.3 is 5.97 Å². The molecule has 0 amide bonds. The van der Waals surface area contributed by atoms with Gasteiger partial charge in [0.15, 0.2) is 0 Å². The maximum Gasteiger partial charge on any atom is 0.335 e. The molecule has 6 heteroatoms. The van der Waals surface area contributed by atoms with Crippen molar-refractivity contribution in [3.05, 3.63) is 70.0 Å². The van der Waals surface area contributed by atoms with Gasteiger partial charge in [0, 0.05) is 27.1 Å². The zero-order chi connectivity index (χ0) is 15.4. The molecule has 0 heterocycles. The van der Waals surface area contributed by atoms with Crippen molar-refractivity contribution in [3.8, 4) is 0 Å². The van der Waals surface area contributed by atoms with E-state index in [2.05, 4.69) is 0 Å². The smallest absolute Gasteiger partial charge is 0.335 e. The summed E-state index contributed by atoms with van der Waals surface area (Å²) in [5, 5.41) is 9.05. The number of carboxylic acids is 1. The summed E-state index contributed by atoms with van der Waals surface area (Å²) >= 11 is 5.89. The topological polar surface area (TPSA) is 54.4 Å². The molecule has 21 heavy (non-hydrogen) atoms. The molecule has 1 N–H and O–H groups in total. The standard InChI is InChI=1S/C15H12ClFO3S/c16-13-2-1-3-14(17)12(13)9-21(20)8-10-4-6-11(7-5-10)15(18)19/h1-7H,8-9H2,(H,18,19). The maximum atomic E-state index is 13.6. The van der Waals surface area contributed by atoms with E-state index < -0.39 is 22.6 Å². The van der Waals surface area contributed by atoms with Crippen LogP contribution in [0.15, 0.2) is 42.5 Å². The first-order chi connectivity index (χ1) is 9.97. The maximum absolute atomic E-state index is 13.6. The Kier molecular flexibility index (Phi) is 5.09. The third-order valence-corrected chi connectivity index (χ3v) is 4.52. The summed E-state index contributed by atoms with van der Waals surface area (Å²) < 4.78 is 25.7. The highest BCUT2D eigenvalue weighted by atomic mass is 35.5. The van der Waals surface area contributed by atoms with Crippen molar-refractivity contribution >= 4 is 28.4 Å². The zero-order valence-corrected chi connectivity index (χ0v) is 12.5. The van der Waals surface area contributed by atoms with Crippen molar-refractivity contribution in [2.24, 2.45) is 0 Å². The van der Waals surface area contributed by atoms with Gasteiger partial charge in [-0.1, -0.05) is 29.8 Å². The fraction of sp³-hybridized carbons (Fsp3) is 0.133. The summed E-state index contributed by atoms with van der Waals surface area (Å²) in [6.45, 7) is 0. The molecule has 2 aromatic carbocycles. The van der Waals surface area contributed by atoms with Crippen LogP contribution in [-0.4, -0.2) is 15.3 Å². The molecule has 0 aliphatic heterocycles. The normalized spacial score (nSPS) is 12.1. The minimum atomic E-state index is -1.33. The van der Waals surface area contributed by atoms with Crippen LogP contribution in [0.1, 0.15) is 21.5 Å². The number of carbonyl (C=O) groups is 1. The van der Waals surface area contributed by atoms with Crippen LogP contribution in [0.3, 0.4) is 0 Å². The van der Waals surface area contributed by atoms with Gasteiger partial charge < -0.3 is 5.11 Å². The van der Waals surface area contributed by atoms with Gasteiger partial charge in [0.25, 0.3) is 0 Å². The summed E-state index contributed by atoms with van der Waals surface area (Å²) in [4.78, 5) is 10.7. The second kappa shape index (κ2) is 6.83. The Hall–Kier alpha value is -1.72. The molecule has 2 rings (SSSR count). The van der Waals surface area contributed by atoms with Crippen molar-refractivity contribution in [2.45, 2.75) is 11.5 Å². The van der Waals surface area contributed by atoms with E-state index in [4.69, 9.17) is 16.7 Å². The van der Waals surface area contributed by atoms with Gasteiger partial charge in [-0.15, -0.1) is 0 Å². The molecule has 0 saturated carbocycles. The van der Waals surface area contributed by atoms with Gasteiger partial charge in [-0.25, -0.2) is 9.18 Å². The van der Waals surface area contributed by atoms with Crippen molar-refractivity contribution in [3.63, 3.8) is 0 Å². The molecule has 0 saturated heterocycles. The molecule has 1 atom stereocenters. The first-order valence-electron chi connectivity index (χ1n) is 6.07. The highest BCUT2D eigenvalue weighted by Gasteiger charge is 2.11. The van der Waals surface area contributed by atoms with E-state index >= 15 is 0 Å². The van der Waals surface area contributed by atoms with Crippen LogP contribution in [0.4, 0.5) is 4.39 Å². The molecule has 0 aliphatic carbocycles. The van der Waals surface area contributed by atoms with Gasteiger partial charge in [0.1, 0.15) is 5.82 Å². The number of rotatable bonds is 5. The summed E-state index contributed by atoms with van der Waals surface area (Å²) in [7, 11) is -1.33. The molecule has 110 valence electrons. The Bertz CT molecular complexity index is 666. The molecule has 3 nitrogen and oxygen atoms in total. The second-order valence-electron chi connectivity index (χ2n) is 4.43. The lowest BCUT2D eigenvalue weighted by molar-refractivity contribution is 0.0697. The van der Waals surface area contributed by atoms with E-state index in [0.717, 1.165) is 5.56 Å². The van der Waals surface area contributed by atoms with E-state index in [1.54, 1.807) is 18.2 Å². The summed E-state index contributed by atoms with van der Waals surface area (Å²) in [5.74, 6) is -1.26. The number of aromatic carboxylic acids is 1. The van der Waals surface area contributed by atoms with Crippen LogP contribution in [0.2, 0.25) is 5.02 Å². The van der Waals surface area contributed by atoms with E-state index in [9.17, 15) is 13.4 Å². The Labute approximate surface area is 128 Å². The third-order valence-electron chi connectivity index (χ3n) is 2.90. The van der Waals surface area contributed by atoms with Gasteiger partial charge in [-0.05, 0) is 29.8 Å². The average molecular weight is 327 g/mol. The molecule has 0 spiro atoms. The Morgan fingerprint density at radius 3 is 2.38 bits per heavy atom. The van der Waals surface area contributed by atoms with E-state index in [0.29, 0.717) is 0 Å². The monoisotopic (exact) mass is 326 g/mol. The van der Waals surface area contributed by atoms with Crippen LogP contribution in [0.25, 0.3) is 0 Å². The summed E-state index contributed by atoms with van der Waals surface area (Å²) in [6, 6.07) is 10.4. The SMILES string of the molecule is O=C(O)c1ccc(CS(=O)Cc2c(F)cccc2Cl)cc1. The molecule has 2 aromatic rings. The van der Waals surface area contributed by atoms with Gasteiger partial charge in [0.2, 0.25) is 0 Å². The predicted molar refractivity (Wildman–Crippen MR) is 80.4 cm³/mol. The third kappa shape index (κ3) is 4.12. The predicted octanol–water partition coefficient (Wildman–Crippen LogP) is 3.63. The molecule has 0 aromatic heterocycles. The van der Waals surface area contributed by atoms with Crippen molar-refractivity contribution in [1.82, 2.24) is 0 Å². The van der Waals surface area contributed by atoms with Crippen molar-refractivity contribution in [1.29, 1.82) is 0 Å². The van der Waals surface area contributed by atoms with Crippen LogP contribution in [0, 0.1) is 5.82 Å². The van der Waals surface area contributed by atoms with Crippen LogP contribution in [-0.2, 0) is 22.3 Å². The molecule has 0 aliphatic rings. The van der Waals surface area contributed by atoms with E-state index in [1.165, 1.54) is 24.3 Å². The lowest BCUT2D eigenvalue weighted by Crippen LogP contribution is -2.03. The minimum Gasteiger partial charge on any atom is -0.478 e. The van der Waals surface area contributed by atoms with Gasteiger partial charge in [-0.2, -0.15) is 0 Å². The number of hydrogen-bond acceptors (Lipinski definition) is 2. The number of carboxylic acid groups (broad SMARTS) is 1. The number of halogens is 2. The molecule has 0 fully saturated rings. The molecular weight excluding hydrogens is 315 g/mol. The Morgan fingerprint density at radius 2 is 1.81 bits per heavy atom. The largest absolute Gasteiger partial charge is 0.478 e. The van der Waals surface area contributed by atoms with E-state index in [1.807, 2.05) is 0 Å². The minimum absolute atomic E-state index is 0.0200. The summed E-state index contributed by atoms with van der Waals surface area (Å²) in [5.41, 5.74) is 1.13. The van der Waals surface area contributed by atoms with Gasteiger partial charge in [-0.3, -0.25) is 4.21 Å². The average Bonchev–Trinajstić information content (AvgIpc) is 2.43. The summed E-state index contributed by atoms with van der Waals surface area (Å²) in [6.07, 6.45) is 0. The zero-order valence-electron chi connectivity index (χ0n) is 10.9. The number of benzene rings is 2. The quantitative estimate of drug-likeness (QED) is 0.913. The first-order valence-corrected chi connectivity index (χ1v) is 7.94. The second-order valence-corrected chi connectivity index (χ2v) is 6.29. The fourth-order valence-electron chi connectivity index (χ4n) is 1.81. The van der Waals surface area contributed by atoms with Crippen molar-refractivity contribution < 1.29 is 18.5 Å². The first kappa shape index (κ1) is 15.7. The highest BCUT2D eigenvalue weighted by molar-refractivity contribution is 7.83. The molecule has 0 bridgehead atoms. The fourth-order valence-corrected chi connectivity index (χ4v) is 3.40. The van der Waals surface area contributed by atoms with Crippen LogP contribution < -0.4 is 0 Å². The number of hydrogen-bond donors (Lipinski definition) is 1.